The molecule has 4 atom stereocenters. The summed E-state index contributed by atoms with van der Waals surface area (Å²) in [4.78, 5) is 20.8. The third kappa shape index (κ3) is 5.31. The predicted octanol–water partition coefficient (Wildman–Crippen LogP) is 11.3. The largest absolute Gasteiger partial charge is 0.306 e. The van der Waals surface area contributed by atoms with Crippen molar-refractivity contribution in [2.75, 3.05) is 0 Å². The van der Waals surface area contributed by atoms with E-state index in [0.717, 1.165) is 82.3 Å². The third-order valence-corrected chi connectivity index (χ3v) is 11.2. The number of fused-ring (bicyclic) bond motifs is 6. The lowest BCUT2D eigenvalue weighted by atomic mass is 9.78. The Hall–Kier alpha value is -5.94. The van der Waals surface area contributed by atoms with Crippen molar-refractivity contribution >= 4 is 39.7 Å². The van der Waals surface area contributed by atoms with Crippen LogP contribution in [-0.2, 0) is 0 Å². The number of benzene rings is 3. The zero-order valence-corrected chi connectivity index (χ0v) is 29.2. The molecule has 0 amide bonds. The molecule has 0 saturated carbocycles. The molecule has 52 heavy (non-hydrogen) atoms. The van der Waals surface area contributed by atoms with E-state index in [0.29, 0.717) is 6.04 Å². The van der Waals surface area contributed by atoms with Crippen LogP contribution in [0.25, 0.3) is 39.4 Å². The lowest BCUT2D eigenvalue weighted by Crippen LogP contribution is -2.26. The number of hydrogen-bond acceptors (Lipinski definition) is 4. The van der Waals surface area contributed by atoms with Crippen LogP contribution in [0.5, 0.6) is 0 Å². The van der Waals surface area contributed by atoms with E-state index >= 15 is 0 Å². The average Bonchev–Trinajstić information content (AvgIpc) is 3.61. The fourth-order valence-electron chi connectivity index (χ4n) is 8.45. The molecular formula is C47H39N5. The molecule has 0 radical (unpaired) electrons. The molecule has 5 aliphatic rings. The molecule has 2 aliphatic heterocycles. The van der Waals surface area contributed by atoms with Gasteiger partial charge in [0.25, 0.3) is 0 Å². The van der Waals surface area contributed by atoms with E-state index in [1.807, 2.05) is 0 Å². The molecule has 10 rings (SSSR count). The maximum absolute atomic E-state index is 5.35. The van der Waals surface area contributed by atoms with E-state index in [-0.39, 0.29) is 17.8 Å². The van der Waals surface area contributed by atoms with E-state index in [9.17, 15) is 0 Å². The Bertz CT molecular complexity index is 2480. The van der Waals surface area contributed by atoms with Crippen molar-refractivity contribution in [1.29, 1.82) is 0 Å². The molecule has 5 nitrogen and oxygen atoms in total. The molecular weight excluding hydrogens is 635 g/mol. The number of rotatable bonds is 5. The molecule has 4 heterocycles. The van der Waals surface area contributed by atoms with Gasteiger partial charge >= 0.3 is 0 Å². The molecule has 2 aromatic heterocycles. The van der Waals surface area contributed by atoms with Gasteiger partial charge in [0.1, 0.15) is 11.6 Å². The summed E-state index contributed by atoms with van der Waals surface area (Å²) in [5.74, 6) is 3.31. The smallest absolute Gasteiger partial charge is 0.157 e. The van der Waals surface area contributed by atoms with Gasteiger partial charge in [-0.05, 0) is 72.6 Å². The summed E-state index contributed by atoms with van der Waals surface area (Å²) < 4.78 is 2.33. The van der Waals surface area contributed by atoms with Gasteiger partial charge in [0, 0.05) is 34.7 Å². The van der Waals surface area contributed by atoms with E-state index in [2.05, 4.69) is 157 Å². The SMILES string of the molecule is CC1CC=Cc2nc3c(n21)N=C(c1ccc(C2=CC(c4nc(-c5ccc(C6=CC=CCC6)cc5)c5ccccc5n4)CC=C2)cc1)C1C=CC=CC31. The topological polar surface area (TPSA) is 56.0 Å². The van der Waals surface area contributed by atoms with Crippen molar-refractivity contribution in [3.8, 4) is 11.3 Å². The van der Waals surface area contributed by atoms with Crippen molar-refractivity contribution in [2.45, 2.75) is 50.5 Å². The second kappa shape index (κ2) is 12.7. The highest BCUT2D eigenvalue weighted by Gasteiger charge is 2.37. The summed E-state index contributed by atoms with van der Waals surface area (Å²) in [5.41, 5.74) is 11.5. The van der Waals surface area contributed by atoms with Gasteiger partial charge < -0.3 is 4.57 Å². The fraction of sp³-hybridized carbons (Fsp3) is 0.191. The molecule has 3 aliphatic carbocycles. The lowest BCUT2D eigenvalue weighted by molar-refractivity contribution is 0.543. The van der Waals surface area contributed by atoms with Gasteiger partial charge in [0.15, 0.2) is 5.82 Å². The normalized spacial score (nSPS) is 22.8. The summed E-state index contributed by atoms with van der Waals surface area (Å²) in [6.07, 6.45) is 30.8. The van der Waals surface area contributed by atoms with E-state index < -0.39 is 0 Å². The molecule has 0 fully saturated rings. The van der Waals surface area contributed by atoms with Crippen molar-refractivity contribution in [3.63, 3.8) is 0 Å². The highest BCUT2D eigenvalue weighted by Crippen LogP contribution is 2.45. The molecule has 3 aromatic carbocycles. The molecule has 5 aromatic rings. The summed E-state index contributed by atoms with van der Waals surface area (Å²) in [6, 6.07) is 26.6. The van der Waals surface area contributed by atoms with Crippen LogP contribution in [0.4, 0.5) is 5.82 Å². The van der Waals surface area contributed by atoms with Gasteiger partial charge in [0.05, 0.1) is 22.6 Å². The van der Waals surface area contributed by atoms with Gasteiger partial charge in [-0.1, -0.05) is 134 Å². The van der Waals surface area contributed by atoms with E-state index in [4.69, 9.17) is 19.9 Å². The second-order valence-electron chi connectivity index (χ2n) is 14.5. The maximum atomic E-state index is 5.35. The zero-order chi connectivity index (χ0) is 34.6. The Morgan fingerprint density at radius 3 is 2.31 bits per heavy atom. The summed E-state index contributed by atoms with van der Waals surface area (Å²) in [7, 11) is 0. The zero-order valence-electron chi connectivity index (χ0n) is 29.2. The minimum atomic E-state index is 0.0756. The second-order valence-corrected chi connectivity index (χ2v) is 14.5. The quantitative estimate of drug-likeness (QED) is 0.187. The minimum absolute atomic E-state index is 0.0756. The molecule has 0 N–H and O–H groups in total. The molecule has 0 bridgehead atoms. The maximum Gasteiger partial charge on any atom is 0.157 e. The molecule has 5 heteroatoms. The summed E-state index contributed by atoms with van der Waals surface area (Å²) in [5, 5.41) is 1.08. The molecule has 0 saturated heterocycles. The van der Waals surface area contributed by atoms with Crippen molar-refractivity contribution in [1.82, 2.24) is 19.5 Å². The Kier molecular flexibility index (Phi) is 7.52. The first-order chi connectivity index (χ1) is 25.7. The number of aliphatic imine (C=N–C) groups is 1. The van der Waals surface area contributed by atoms with Gasteiger partial charge in [-0.2, -0.15) is 0 Å². The Balaban J connectivity index is 0.972. The standard InChI is InChI=1S/C47H39N5/c1-30-11-9-20-42-49-45-39-17-6-5-16-38(39)43(51-47(45)52(30)42)34-27-23-33(24-28-34)36-14-10-15-37(29-36)46-48-41-19-8-7-18-40(41)44(50-46)35-25-21-32(22-26-35)31-12-3-2-4-13-31/h2-3,5-10,12,14,16-30,37-39H,4,11,13,15H2,1H3. The minimum Gasteiger partial charge on any atom is -0.306 e. The molecule has 4 unspecified atom stereocenters. The predicted molar refractivity (Wildman–Crippen MR) is 214 cm³/mol. The molecule has 252 valence electrons. The summed E-state index contributed by atoms with van der Waals surface area (Å²) in [6.45, 7) is 2.26. The van der Waals surface area contributed by atoms with Crippen molar-refractivity contribution in [2.24, 2.45) is 10.9 Å². The van der Waals surface area contributed by atoms with Crippen LogP contribution in [-0.4, -0.2) is 25.2 Å². The lowest BCUT2D eigenvalue weighted by Gasteiger charge is -2.30. The van der Waals surface area contributed by atoms with Crippen LogP contribution in [0.3, 0.4) is 0 Å². The van der Waals surface area contributed by atoms with Gasteiger partial charge in [-0.25, -0.2) is 19.9 Å². The van der Waals surface area contributed by atoms with Crippen LogP contribution in [0.1, 0.15) is 84.5 Å². The van der Waals surface area contributed by atoms with E-state index in [1.54, 1.807) is 0 Å². The van der Waals surface area contributed by atoms with Gasteiger partial charge in [-0.15, -0.1) is 0 Å². The number of imidazole rings is 1. The highest BCUT2D eigenvalue weighted by atomic mass is 15.2. The monoisotopic (exact) mass is 673 g/mol. The van der Waals surface area contributed by atoms with Crippen molar-refractivity contribution in [3.05, 3.63) is 174 Å². The summed E-state index contributed by atoms with van der Waals surface area (Å²) >= 11 is 0. The van der Waals surface area contributed by atoms with Gasteiger partial charge in [-0.3, -0.25) is 0 Å². The van der Waals surface area contributed by atoms with Crippen LogP contribution >= 0.6 is 0 Å². The van der Waals surface area contributed by atoms with Gasteiger partial charge in [0.2, 0.25) is 0 Å². The van der Waals surface area contributed by atoms with Crippen LogP contribution in [0.2, 0.25) is 0 Å². The number of allylic oxidation sites excluding steroid dienone is 13. The number of aromatic nitrogens is 4. The van der Waals surface area contributed by atoms with Crippen LogP contribution in [0.15, 0.2) is 145 Å². The van der Waals surface area contributed by atoms with Crippen LogP contribution < -0.4 is 0 Å². The van der Waals surface area contributed by atoms with Crippen molar-refractivity contribution < 1.29 is 0 Å². The van der Waals surface area contributed by atoms with E-state index in [1.165, 1.54) is 22.3 Å². The first-order valence-corrected chi connectivity index (χ1v) is 18.6. The fourth-order valence-corrected chi connectivity index (χ4v) is 8.45. The third-order valence-electron chi connectivity index (χ3n) is 11.2. The first kappa shape index (κ1) is 30.8. The molecule has 0 spiro atoms. The Morgan fingerprint density at radius 1 is 0.692 bits per heavy atom. The highest BCUT2D eigenvalue weighted by molar-refractivity contribution is 6.07. The Labute approximate surface area is 304 Å². The number of nitrogens with zero attached hydrogens (tertiary/aromatic N) is 5. The van der Waals surface area contributed by atoms with Crippen LogP contribution in [0, 0.1) is 5.92 Å². The number of para-hydroxylation sites is 1. The average molecular weight is 674 g/mol. The first-order valence-electron chi connectivity index (χ1n) is 18.6. The number of hydrogen-bond donors (Lipinski definition) is 0. The Morgan fingerprint density at radius 2 is 1.46 bits per heavy atom.